The summed E-state index contributed by atoms with van der Waals surface area (Å²) < 4.78 is 0. The Kier molecular flexibility index (Phi) is 3.30. The smallest absolute Gasteiger partial charge is 0.132 e. The van der Waals surface area contributed by atoms with Crippen LogP contribution in [0.3, 0.4) is 0 Å². The Morgan fingerprint density at radius 2 is 2.32 bits per heavy atom. The van der Waals surface area contributed by atoms with E-state index in [0.717, 1.165) is 30.8 Å². The predicted octanol–water partition coefficient (Wildman–Crippen LogP) is 3.62. The zero-order valence-electron chi connectivity index (χ0n) is 10.8. The second kappa shape index (κ2) is 5.10. The monoisotopic (exact) mass is 273 g/mol. The van der Waals surface area contributed by atoms with Crippen LogP contribution in [-0.4, -0.2) is 11.5 Å². The molecule has 2 N–H and O–H groups in total. The first-order valence-corrected chi connectivity index (χ1v) is 6.82. The van der Waals surface area contributed by atoms with E-state index in [9.17, 15) is 0 Å². The predicted molar refractivity (Wildman–Crippen MR) is 79.9 cm³/mol. The molecule has 19 heavy (non-hydrogen) atoms. The van der Waals surface area contributed by atoms with E-state index in [2.05, 4.69) is 33.8 Å². The average molecular weight is 274 g/mol. The first-order chi connectivity index (χ1) is 9.24. The number of hydrogen-bond donors (Lipinski definition) is 2. The van der Waals surface area contributed by atoms with Crippen molar-refractivity contribution in [2.75, 3.05) is 17.2 Å². The van der Waals surface area contributed by atoms with Gasteiger partial charge in [0.05, 0.1) is 11.9 Å². The minimum Gasteiger partial charge on any atom is -0.384 e. The molecule has 0 aliphatic carbocycles. The summed E-state index contributed by atoms with van der Waals surface area (Å²) in [7, 11) is 0. The number of nitrogens with one attached hydrogen (secondary N) is 2. The van der Waals surface area contributed by atoms with Crippen LogP contribution in [0.1, 0.15) is 16.7 Å². The lowest BCUT2D eigenvalue weighted by Crippen LogP contribution is -2.03. The summed E-state index contributed by atoms with van der Waals surface area (Å²) in [5.41, 5.74) is 5.97. The number of pyridine rings is 1. The summed E-state index contributed by atoms with van der Waals surface area (Å²) >= 11 is 5.93. The first kappa shape index (κ1) is 12.3. The third-order valence-corrected chi connectivity index (χ3v) is 3.83. The molecule has 0 fully saturated rings. The molecule has 4 heteroatoms. The normalized spacial score (nSPS) is 12.9. The fraction of sp³-hybridized carbons (Fsp3) is 0.267. The van der Waals surface area contributed by atoms with E-state index in [0.29, 0.717) is 5.15 Å². The highest BCUT2D eigenvalue weighted by Crippen LogP contribution is 2.27. The third-order valence-electron chi connectivity index (χ3n) is 3.43. The summed E-state index contributed by atoms with van der Waals surface area (Å²) in [6, 6.07) is 8.48. The quantitative estimate of drug-likeness (QED) is 0.839. The standard InChI is InChI=1S/C15H16ClN3/c1-10-7-13(9-19-15(10)16)18-8-12-4-2-3-11-5-6-17-14(11)12/h2-4,7,9,17-18H,5-6,8H2,1H3. The van der Waals surface area contributed by atoms with E-state index in [1.54, 1.807) is 6.20 Å². The Labute approximate surface area is 118 Å². The molecule has 2 heterocycles. The largest absolute Gasteiger partial charge is 0.384 e. The van der Waals surface area contributed by atoms with Gasteiger partial charge in [-0.05, 0) is 36.1 Å². The summed E-state index contributed by atoms with van der Waals surface area (Å²) in [6.07, 6.45) is 2.89. The van der Waals surface area contributed by atoms with Crippen LogP contribution in [0.2, 0.25) is 5.15 Å². The van der Waals surface area contributed by atoms with E-state index < -0.39 is 0 Å². The van der Waals surface area contributed by atoms with Gasteiger partial charge >= 0.3 is 0 Å². The average Bonchev–Trinajstić information content (AvgIpc) is 2.89. The Morgan fingerprint density at radius 3 is 3.16 bits per heavy atom. The van der Waals surface area contributed by atoms with E-state index in [1.165, 1.54) is 16.8 Å². The molecule has 1 aliphatic rings. The van der Waals surface area contributed by atoms with Crippen molar-refractivity contribution in [3.8, 4) is 0 Å². The number of anilines is 2. The van der Waals surface area contributed by atoms with E-state index in [1.807, 2.05) is 13.0 Å². The lowest BCUT2D eigenvalue weighted by atomic mass is 10.1. The van der Waals surface area contributed by atoms with Crippen molar-refractivity contribution in [2.45, 2.75) is 19.9 Å². The van der Waals surface area contributed by atoms with Crippen molar-refractivity contribution >= 4 is 23.0 Å². The van der Waals surface area contributed by atoms with Gasteiger partial charge in [0.25, 0.3) is 0 Å². The molecule has 0 saturated carbocycles. The maximum Gasteiger partial charge on any atom is 0.132 e. The number of halogens is 1. The zero-order chi connectivity index (χ0) is 13.2. The van der Waals surface area contributed by atoms with Gasteiger partial charge < -0.3 is 10.6 Å². The van der Waals surface area contributed by atoms with Gasteiger partial charge in [-0.1, -0.05) is 29.8 Å². The number of aryl methyl sites for hydroxylation is 1. The third kappa shape index (κ3) is 2.51. The highest BCUT2D eigenvalue weighted by Gasteiger charge is 2.13. The van der Waals surface area contributed by atoms with Gasteiger partial charge in [0, 0.05) is 18.8 Å². The molecule has 0 radical (unpaired) electrons. The fourth-order valence-electron chi connectivity index (χ4n) is 2.41. The van der Waals surface area contributed by atoms with Crippen LogP contribution in [0, 0.1) is 6.92 Å². The topological polar surface area (TPSA) is 37.0 Å². The highest BCUT2D eigenvalue weighted by molar-refractivity contribution is 6.30. The number of para-hydroxylation sites is 1. The second-order valence-corrected chi connectivity index (χ2v) is 5.17. The summed E-state index contributed by atoms with van der Waals surface area (Å²) in [5.74, 6) is 0. The molecule has 0 saturated heterocycles. The Balaban J connectivity index is 1.76. The van der Waals surface area contributed by atoms with E-state index in [-0.39, 0.29) is 0 Å². The lowest BCUT2D eigenvalue weighted by Gasteiger charge is -2.11. The van der Waals surface area contributed by atoms with Crippen molar-refractivity contribution in [1.29, 1.82) is 0 Å². The molecule has 0 spiro atoms. The Bertz CT molecular complexity index is 610. The molecule has 98 valence electrons. The van der Waals surface area contributed by atoms with Gasteiger partial charge in [-0.25, -0.2) is 4.98 Å². The fourth-order valence-corrected chi connectivity index (χ4v) is 2.51. The molecule has 1 aromatic carbocycles. The van der Waals surface area contributed by atoms with Crippen molar-refractivity contribution < 1.29 is 0 Å². The highest BCUT2D eigenvalue weighted by atomic mass is 35.5. The van der Waals surface area contributed by atoms with E-state index in [4.69, 9.17) is 11.6 Å². The van der Waals surface area contributed by atoms with Crippen LogP contribution in [0.5, 0.6) is 0 Å². The van der Waals surface area contributed by atoms with Crippen LogP contribution in [-0.2, 0) is 13.0 Å². The summed E-state index contributed by atoms with van der Waals surface area (Å²) in [5, 5.41) is 7.41. The van der Waals surface area contributed by atoms with Crippen LogP contribution >= 0.6 is 11.6 Å². The van der Waals surface area contributed by atoms with Crippen LogP contribution < -0.4 is 10.6 Å². The lowest BCUT2D eigenvalue weighted by molar-refractivity contribution is 1.11. The van der Waals surface area contributed by atoms with Crippen molar-refractivity contribution in [2.24, 2.45) is 0 Å². The summed E-state index contributed by atoms with van der Waals surface area (Å²) in [6.45, 7) is 3.79. The number of aromatic nitrogens is 1. The molecular formula is C15H16ClN3. The zero-order valence-corrected chi connectivity index (χ0v) is 11.6. The molecule has 0 unspecified atom stereocenters. The van der Waals surface area contributed by atoms with Gasteiger partial charge in [-0.15, -0.1) is 0 Å². The number of benzene rings is 1. The maximum absolute atomic E-state index is 5.93. The number of fused-ring (bicyclic) bond motifs is 1. The van der Waals surface area contributed by atoms with Gasteiger partial charge in [0.1, 0.15) is 5.15 Å². The van der Waals surface area contributed by atoms with Crippen molar-refractivity contribution in [1.82, 2.24) is 4.98 Å². The molecule has 3 rings (SSSR count). The van der Waals surface area contributed by atoms with Crippen LogP contribution in [0.15, 0.2) is 30.5 Å². The maximum atomic E-state index is 5.93. The number of nitrogens with zero attached hydrogens (tertiary/aromatic N) is 1. The summed E-state index contributed by atoms with van der Waals surface area (Å²) in [4.78, 5) is 4.15. The Morgan fingerprint density at radius 1 is 1.42 bits per heavy atom. The van der Waals surface area contributed by atoms with Crippen molar-refractivity contribution in [3.63, 3.8) is 0 Å². The molecule has 0 bridgehead atoms. The minimum absolute atomic E-state index is 0.563. The SMILES string of the molecule is Cc1cc(NCc2cccc3c2NCC3)cnc1Cl. The molecule has 3 nitrogen and oxygen atoms in total. The van der Waals surface area contributed by atoms with Gasteiger partial charge in [0.15, 0.2) is 0 Å². The van der Waals surface area contributed by atoms with Crippen molar-refractivity contribution in [3.05, 3.63) is 52.3 Å². The van der Waals surface area contributed by atoms with Gasteiger partial charge in [-0.3, -0.25) is 0 Å². The number of rotatable bonds is 3. The van der Waals surface area contributed by atoms with Gasteiger partial charge in [0.2, 0.25) is 0 Å². The van der Waals surface area contributed by atoms with Gasteiger partial charge in [-0.2, -0.15) is 0 Å². The molecule has 1 aliphatic heterocycles. The Hall–Kier alpha value is -1.74. The first-order valence-electron chi connectivity index (χ1n) is 6.45. The van der Waals surface area contributed by atoms with E-state index >= 15 is 0 Å². The molecule has 0 atom stereocenters. The molecule has 2 aromatic rings. The minimum atomic E-state index is 0.563. The van der Waals surface area contributed by atoms with Crippen LogP contribution in [0.4, 0.5) is 11.4 Å². The number of hydrogen-bond acceptors (Lipinski definition) is 3. The second-order valence-electron chi connectivity index (χ2n) is 4.81. The molecule has 0 amide bonds. The van der Waals surface area contributed by atoms with Crippen LogP contribution in [0.25, 0.3) is 0 Å². The molecular weight excluding hydrogens is 258 g/mol. The molecule has 1 aromatic heterocycles.